The first kappa shape index (κ1) is 20.8. The maximum atomic E-state index is 6.16. The normalized spacial score (nSPS) is 11.8. The van der Waals surface area contributed by atoms with Crippen molar-refractivity contribution in [1.82, 2.24) is 14.5 Å². The molecule has 0 aliphatic rings. The molecule has 0 fully saturated rings. The van der Waals surface area contributed by atoms with Crippen molar-refractivity contribution in [1.29, 1.82) is 0 Å². The van der Waals surface area contributed by atoms with Crippen LogP contribution in [0.4, 0.5) is 5.69 Å². The van der Waals surface area contributed by atoms with E-state index in [-0.39, 0.29) is 5.82 Å². The SMILES string of the molecule is S=C(Nc1cccc2cccnc12)n1cc(/C=C/c2ccccc2)nc1C(Cl)(Cl)Cl. The molecule has 0 saturated carbocycles. The van der Waals surface area contributed by atoms with Crippen LogP contribution in [0.5, 0.6) is 0 Å². The molecule has 0 radical (unpaired) electrons. The Bertz CT molecular complexity index is 1220. The molecule has 4 nitrogen and oxygen atoms in total. The number of para-hydroxylation sites is 1. The number of nitrogens with zero attached hydrogens (tertiary/aromatic N) is 3. The van der Waals surface area contributed by atoms with Gasteiger partial charge in [-0.15, -0.1) is 0 Å². The second-order valence-electron chi connectivity index (χ2n) is 6.41. The predicted molar refractivity (Wildman–Crippen MR) is 130 cm³/mol. The monoisotopic (exact) mass is 472 g/mol. The van der Waals surface area contributed by atoms with Crippen LogP contribution >= 0.6 is 47.0 Å². The number of anilines is 1. The summed E-state index contributed by atoms with van der Waals surface area (Å²) in [4.78, 5) is 8.89. The van der Waals surface area contributed by atoms with Gasteiger partial charge in [0.2, 0.25) is 3.79 Å². The van der Waals surface area contributed by atoms with Crippen LogP contribution in [0.15, 0.2) is 73.1 Å². The molecule has 0 bridgehead atoms. The summed E-state index contributed by atoms with van der Waals surface area (Å²) in [5.74, 6) is 0.200. The van der Waals surface area contributed by atoms with E-state index in [1.807, 2.05) is 72.8 Å². The number of rotatable bonds is 3. The number of aromatic nitrogens is 3. The third kappa shape index (κ3) is 4.65. The Morgan fingerprint density at radius 2 is 1.73 bits per heavy atom. The fourth-order valence-corrected chi connectivity index (χ4v) is 3.61. The smallest absolute Gasteiger partial charge is 0.248 e. The number of hydrogen-bond donors (Lipinski definition) is 1. The highest BCUT2D eigenvalue weighted by Gasteiger charge is 2.31. The van der Waals surface area contributed by atoms with Crippen LogP contribution < -0.4 is 5.32 Å². The highest BCUT2D eigenvalue weighted by molar-refractivity contribution is 7.80. The Morgan fingerprint density at radius 1 is 0.967 bits per heavy atom. The molecule has 2 aromatic heterocycles. The molecule has 2 aromatic carbocycles. The lowest BCUT2D eigenvalue weighted by atomic mass is 10.2. The molecule has 0 aliphatic carbocycles. The number of fused-ring (bicyclic) bond motifs is 1. The number of pyridine rings is 1. The zero-order valence-electron chi connectivity index (χ0n) is 15.5. The van der Waals surface area contributed by atoms with Gasteiger partial charge in [0.05, 0.1) is 16.9 Å². The number of thiocarbonyl (C=S) groups is 1. The zero-order valence-corrected chi connectivity index (χ0v) is 18.6. The van der Waals surface area contributed by atoms with Crippen molar-refractivity contribution in [3.63, 3.8) is 0 Å². The van der Waals surface area contributed by atoms with Gasteiger partial charge in [-0.25, -0.2) is 4.98 Å². The first-order valence-electron chi connectivity index (χ1n) is 8.96. The highest BCUT2D eigenvalue weighted by atomic mass is 35.6. The van der Waals surface area contributed by atoms with Gasteiger partial charge >= 0.3 is 0 Å². The molecule has 0 spiro atoms. The summed E-state index contributed by atoms with van der Waals surface area (Å²) in [7, 11) is 0. The van der Waals surface area contributed by atoms with E-state index in [2.05, 4.69) is 15.3 Å². The third-order valence-electron chi connectivity index (χ3n) is 4.32. The van der Waals surface area contributed by atoms with Crippen LogP contribution in [-0.2, 0) is 3.79 Å². The molecule has 0 amide bonds. The fraction of sp³-hybridized carbons (Fsp3) is 0.0455. The van der Waals surface area contributed by atoms with E-state index in [0.717, 1.165) is 22.2 Å². The second kappa shape index (κ2) is 8.74. The molecule has 1 N–H and O–H groups in total. The first-order valence-corrected chi connectivity index (χ1v) is 10.5. The number of nitrogens with one attached hydrogen (secondary N) is 1. The van der Waals surface area contributed by atoms with Crippen LogP contribution in [0, 0.1) is 0 Å². The summed E-state index contributed by atoms with van der Waals surface area (Å²) >= 11 is 24.1. The Kier molecular flexibility index (Phi) is 6.06. The maximum Gasteiger partial charge on any atom is 0.248 e. The van der Waals surface area contributed by atoms with E-state index in [1.165, 1.54) is 0 Å². The largest absolute Gasteiger partial charge is 0.330 e. The lowest BCUT2D eigenvalue weighted by Crippen LogP contribution is -2.24. The van der Waals surface area contributed by atoms with E-state index < -0.39 is 3.79 Å². The molecule has 0 aliphatic heterocycles. The molecule has 0 saturated heterocycles. The lowest BCUT2D eigenvalue weighted by molar-refractivity contribution is 0.958. The van der Waals surface area contributed by atoms with E-state index in [9.17, 15) is 0 Å². The molecular formula is C22H15Cl3N4S. The van der Waals surface area contributed by atoms with Gasteiger partial charge in [0, 0.05) is 17.8 Å². The highest BCUT2D eigenvalue weighted by Crippen LogP contribution is 2.38. The topological polar surface area (TPSA) is 42.7 Å². The summed E-state index contributed by atoms with van der Waals surface area (Å²) in [6.45, 7) is 0. The predicted octanol–water partition coefficient (Wildman–Crippen LogP) is 6.67. The van der Waals surface area contributed by atoms with Gasteiger partial charge < -0.3 is 5.32 Å². The first-order chi connectivity index (χ1) is 14.4. The Labute approximate surface area is 194 Å². The molecular weight excluding hydrogens is 459 g/mol. The molecule has 4 rings (SSSR count). The minimum Gasteiger partial charge on any atom is -0.330 e. The van der Waals surface area contributed by atoms with Gasteiger partial charge in [-0.3, -0.25) is 9.55 Å². The minimum absolute atomic E-state index is 0.200. The number of halogens is 3. The van der Waals surface area contributed by atoms with Crippen LogP contribution in [0.2, 0.25) is 0 Å². The number of imidazole rings is 1. The van der Waals surface area contributed by atoms with Crippen molar-refractivity contribution in [2.45, 2.75) is 3.79 Å². The van der Waals surface area contributed by atoms with Crippen molar-refractivity contribution in [2.75, 3.05) is 5.32 Å². The zero-order chi connectivity index (χ0) is 21.1. The summed E-state index contributed by atoms with van der Waals surface area (Å²) < 4.78 is -0.184. The van der Waals surface area contributed by atoms with Gasteiger partial charge in [0.25, 0.3) is 0 Å². The van der Waals surface area contributed by atoms with Gasteiger partial charge in [0.15, 0.2) is 10.9 Å². The Balaban J connectivity index is 1.67. The van der Waals surface area contributed by atoms with Crippen LogP contribution in [0.25, 0.3) is 23.1 Å². The van der Waals surface area contributed by atoms with Gasteiger partial charge in [-0.1, -0.05) is 89.4 Å². The Morgan fingerprint density at radius 3 is 2.50 bits per heavy atom. The summed E-state index contributed by atoms with van der Waals surface area (Å²) in [6.07, 6.45) is 7.23. The van der Waals surface area contributed by atoms with E-state index in [0.29, 0.717) is 10.8 Å². The van der Waals surface area contributed by atoms with Crippen LogP contribution in [0.3, 0.4) is 0 Å². The number of benzene rings is 2. The van der Waals surface area contributed by atoms with Gasteiger partial charge in [-0.05, 0) is 36.0 Å². The van der Waals surface area contributed by atoms with Crippen molar-refractivity contribution in [3.05, 3.63) is 90.1 Å². The molecule has 4 aromatic rings. The Hall–Kier alpha value is -2.44. The number of alkyl halides is 3. The molecule has 30 heavy (non-hydrogen) atoms. The molecule has 0 unspecified atom stereocenters. The summed E-state index contributed by atoms with van der Waals surface area (Å²) in [6, 6.07) is 19.5. The molecule has 2 heterocycles. The molecule has 150 valence electrons. The van der Waals surface area contributed by atoms with Crippen molar-refractivity contribution in [2.24, 2.45) is 0 Å². The van der Waals surface area contributed by atoms with E-state index >= 15 is 0 Å². The molecule has 8 heteroatoms. The number of hydrogen-bond acceptors (Lipinski definition) is 3. The summed E-state index contributed by atoms with van der Waals surface area (Å²) in [5, 5.41) is 4.50. The fourth-order valence-electron chi connectivity index (χ4n) is 2.96. The third-order valence-corrected chi connectivity index (χ3v) is 5.12. The minimum atomic E-state index is -1.75. The van der Waals surface area contributed by atoms with Crippen molar-refractivity contribution < 1.29 is 0 Å². The van der Waals surface area contributed by atoms with Gasteiger partial charge in [-0.2, -0.15) is 0 Å². The molecule has 0 atom stereocenters. The van der Waals surface area contributed by atoms with Crippen LogP contribution in [-0.4, -0.2) is 19.6 Å². The van der Waals surface area contributed by atoms with Crippen molar-refractivity contribution in [3.8, 4) is 0 Å². The van der Waals surface area contributed by atoms with E-state index in [1.54, 1.807) is 17.0 Å². The van der Waals surface area contributed by atoms with Gasteiger partial charge in [0.1, 0.15) is 0 Å². The average molecular weight is 474 g/mol. The second-order valence-corrected chi connectivity index (χ2v) is 9.08. The summed E-state index contributed by atoms with van der Waals surface area (Å²) in [5.41, 5.74) is 3.19. The maximum absolute atomic E-state index is 6.16. The standard InChI is InChI=1S/C22H15Cl3N4S/c23-22(24,25)20-27-17(12-11-15-6-2-1-3-7-15)14-29(20)21(30)28-18-10-4-8-16-9-5-13-26-19(16)18/h1-14H,(H,28,30)/b12-11+. The quantitative estimate of drug-likeness (QED) is 0.266. The average Bonchev–Trinajstić information content (AvgIpc) is 3.18. The van der Waals surface area contributed by atoms with Crippen molar-refractivity contribution >= 4 is 80.9 Å². The van der Waals surface area contributed by atoms with Crippen LogP contribution in [0.1, 0.15) is 17.1 Å². The van der Waals surface area contributed by atoms with E-state index in [4.69, 9.17) is 47.0 Å². The lowest BCUT2D eigenvalue weighted by Gasteiger charge is -2.16.